The molecule has 1 heterocycles. The zero-order chi connectivity index (χ0) is 14.5. The van der Waals surface area contributed by atoms with Gasteiger partial charge >= 0.3 is 0 Å². The van der Waals surface area contributed by atoms with Crippen molar-refractivity contribution in [3.63, 3.8) is 0 Å². The van der Waals surface area contributed by atoms with E-state index in [-0.39, 0.29) is 11.9 Å². The maximum Gasteiger partial charge on any atom is 0.123 e. The van der Waals surface area contributed by atoms with Gasteiger partial charge in [0.1, 0.15) is 5.82 Å². The second-order valence-corrected chi connectivity index (χ2v) is 5.92. The van der Waals surface area contributed by atoms with Gasteiger partial charge in [0.05, 0.1) is 6.61 Å². The number of benzene rings is 1. The predicted molar refractivity (Wildman–Crippen MR) is 80.6 cm³/mol. The Bertz CT molecular complexity index is 430. The van der Waals surface area contributed by atoms with Crippen molar-refractivity contribution >= 4 is 5.69 Å². The monoisotopic (exact) mass is 280 g/mol. The summed E-state index contributed by atoms with van der Waals surface area (Å²) in [6.45, 7) is 4.60. The first-order chi connectivity index (χ1) is 9.56. The number of rotatable bonds is 5. The molecule has 4 heteroatoms. The van der Waals surface area contributed by atoms with Gasteiger partial charge in [0.25, 0.3) is 0 Å². The summed E-state index contributed by atoms with van der Waals surface area (Å²) in [7, 11) is 2.06. The van der Waals surface area contributed by atoms with E-state index in [1.165, 1.54) is 12.5 Å². The number of halogens is 1. The fourth-order valence-electron chi connectivity index (χ4n) is 2.87. The van der Waals surface area contributed by atoms with Crippen LogP contribution in [0.3, 0.4) is 0 Å². The van der Waals surface area contributed by atoms with Gasteiger partial charge in [0.2, 0.25) is 0 Å². The van der Waals surface area contributed by atoms with Crippen molar-refractivity contribution in [2.24, 2.45) is 11.7 Å². The zero-order valence-corrected chi connectivity index (χ0v) is 12.4. The van der Waals surface area contributed by atoms with E-state index in [1.807, 2.05) is 13.0 Å². The Balaban J connectivity index is 2.09. The standard InChI is InChI=1S/C16H25FN2O/c1-12(18)8-14-9-15(17)5-6-16(14)19(2)10-13-4-3-7-20-11-13/h5-6,9,12-13H,3-4,7-8,10-11,18H2,1-2H3. The Morgan fingerprint density at radius 1 is 1.50 bits per heavy atom. The molecule has 1 aromatic carbocycles. The molecule has 2 N–H and O–H groups in total. The number of anilines is 1. The second-order valence-electron chi connectivity index (χ2n) is 5.92. The van der Waals surface area contributed by atoms with Crippen LogP contribution in [-0.2, 0) is 11.2 Å². The molecular formula is C16H25FN2O. The summed E-state index contributed by atoms with van der Waals surface area (Å²) in [5.41, 5.74) is 7.93. The summed E-state index contributed by atoms with van der Waals surface area (Å²) >= 11 is 0. The summed E-state index contributed by atoms with van der Waals surface area (Å²) in [6.07, 6.45) is 3.03. The summed E-state index contributed by atoms with van der Waals surface area (Å²) in [5, 5.41) is 0. The van der Waals surface area contributed by atoms with Gasteiger partial charge in [0.15, 0.2) is 0 Å². The highest BCUT2D eigenvalue weighted by atomic mass is 19.1. The van der Waals surface area contributed by atoms with E-state index < -0.39 is 0 Å². The number of ether oxygens (including phenoxy) is 1. The molecule has 1 saturated heterocycles. The van der Waals surface area contributed by atoms with Gasteiger partial charge in [-0.1, -0.05) is 0 Å². The topological polar surface area (TPSA) is 38.5 Å². The van der Waals surface area contributed by atoms with Gasteiger partial charge in [0, 0.05) is 31.9 Å². The van der Waals surface area contributed by atoms with E-state index in [4.69, 9.17) is 10.5 Å². The van der Waals surface area contributed by atoms with Crippen molar-refractivity contribution in [2.45, 2.75) is 32.2 Å². The highest BCUT2D eigenvalue weighted by Gasteiger charge is 2.18. The quantitative estimate of drug-likeness (QED) is 0.901. The van der Waals surface area contributed by atoms with Crippen molar-refractivity contribution < 1.29 is 9.13 Å². The molecule has 0 bridgehead atoms. The van der Waals surface area contributed by atoms with Crippen molar-refractivity contribution in [1.82, 2.24) is 0 Å². The molecule has 112 valence electrons. The molecule has 2 rings (SSSR count). The van der Waals surface area contributed by atoms with Crippen LogP contribution >= 0.6 is 0 Å². The molecule has 1 aliphatic heterocycles. The SMILES string of the molecule is CC(N)Cc1cc(F)ccc1N(C)CC1CCCOC1. The first kappa shape index (κ1) is 15.3. The van der Waals surface area contributed by atoms with Crippen LogP contribution in [0.15, 0.2) is 18.2 Å². The lowest BCUT2D eigenvalue weighted by molar-refractivity contribution is 0.0576. The average molecular weight is 280 g/mol. The van der Waals surface area contributed by atoms with Gasteiger partial charge in [-0.2, -0.15) is 0 Å². The molecular weight excluding hydrogens is 255 g/mol. The maximum atomic E-state index is 13.4. The fraction of sp³-hybridized carbons (Fsp3) is 0.625. The lowest BCUT2D eigenvalue weighted by Gasteiger charge is -2.30. The Morgan fingerprint density at radius 3 is 2.95 bits per heavy atom. The minimum atomic E-state index is -0.196. The molecule has 0 radical (unpaired) electrons. The average Bonchev–Trinajstić information content (AvgIpc) is 2.39. The number of hydrogen-bond donors (Lipinski definition) is 1. The molecule has 3 nitrogen and oxygen atoms in total. The van der Waals surface area contributed by atoms with Gasteiger partial charge in [-0.15, -0.1) is 0 Å². The van der Waals surface area contributed by atoms with E-state index >= 15 is 0 Å². The molecule has 0 spiro atoms. The summed E-state index contributed by atoms with van der Waals surface area (Å²) in [4.78, 5) is 2.20. The van der Waals surface area contributed by atoms with E-state index in [2.05, 4.69) is 11.9 Å². The molecule has 0 aliphatic carbocycles. The lowest BCUT2D eigenvalue weighted by Crippen LogP contribution is -2.31. The summed E-state index contributed by atoms with van der Waals surface area (Å²) in [5.74, 6) is 0.362. The van der Waals surface area contributed by atoms with Crippen LogP contribution in [0, 0.1) is 11.7 Å². The summed E-state index contributed by atoms with van der Waals surface area (Å²) in [6, 6.07) is 5.01. The molecule has 2 unspecified atom stereocenters. The largest absolute Gasteiger partial charge is 0.381 e. The molecule has 0 amide bonds. The minimum Gasteiger partial charge on any atom is -0.381 e. The van der Waals surface area contributed by atoms with Crippen LogP contribution in [0.2, 0.25) is 0 Å². The van der Waals surface area contributed by atoms with Crippen LogP contribution in [0.4, 0.5) is 10.1 Å². The molecule has 2 atom stereocenters. The normalized spacial score (nSPS) is 20.7. The Hall–Kier alpha value is -1.13. The number of hydrogen-bond acceptors (Lipinski definition) is 3. The minimum absolute atomic E-state index is 0.0296. The van der Waals surface area contributed by atoms with Crippen molar-refractivity contribution in [3.05, 3.63) is 29.6 Å². The van der Waals surface area contributed by atoms with E-state index in [0.717, 1.165) is 37.4 Å². The highest BCUT2D eigenvalue weighted by Crippen LogP contribution is 2.24. The third-order valence-electron chi connectivity index (χ3n) is 3.78. The molecule has 20 heavy (non-hydrogen) atoms. The van der Waals surface area contributed by atoms with Crippen LogP contribution in [0.1, 0.15) is 25.3 Å². The number of nitrogens with two attached hydrogens (primary N) is 1. The van der Waals surface area contributed by atoms with Crippen LogP contribution < -0.4 is 10.6 Å². The third-order valence-corrected chi connectivity index (χ3v) is 3.78. The predicted octanol–water partition coefficient (Wildman–Crippen LogP) is 2.58. The van der Waals surface area contributed by atoms with E-state index in [0.29, 0.717) is 12.3 Å². The van der Waals surface area contributed by atoms with Crippen molar-refractivity contribution in [3.8, 4) is 0 Å². The Labute approximate surface area is 120 Å². The fourth-order valence-corrected chi connectivity index (χ4v) is 2.87. The Morgan fingerprint density at radius 2 is 2.30 bits per heavy atom. The van der Waals surface area contributed by atoms with Gasteiger partial charge in [-0.25, -0.2) is 4.39 Å². The molecule has 1 aliphatic rings. The first-order valence-electron chi connectivity index (χ1n) is 7.39. The van der Waals surface area contributed by atoms with Crippen molar-refractivity contribution in [1.29, 1.82) is 0 Å². The van der Waals surface area contributed by atoms with E-state index in [9.17, 15) is 4.39 Å². The van der Waals surface area contributed by atoms with Gasteiger partial charge in [-0.3, -0.25) is 0 Å². The van der Waals surface area contributed by atoms with Gasteiger partial charge in [-0.05, 0) is 55.9 Å². The first-order valence-corrected chi connectivity index (χ1v) is 7.39. The summed E-state index contributed by atoms with van der Waals surface area (Å²) < 4.78 is 19.0. The molecule has 0 saturated carbocycles. The van der Waals surface area contributed by atoms with Crippen LogP contribution in [-0.4, -0.2) is 32.8 Å². The Kier molecular flexibility index (Phi) is 5.38. The van der Waals surface area contributed by atoms with Crippen LogP contribution in [0.5, 0.6) is 0 Å². The molecule has 1 aromatic rings. The van der Waals surface area contributed by atoms with Crippen molar-refractivity contribution in [2.75, 3.05) is 31.7 Å². The highest BCUT2D eigenvalue weighted by molar-refractivity contribution is 5.53. The van der Waals surface area contributed by atoms with E-state index in [1.54, 1.807) is 6.07 Å². The lowest BCUT2D eigenvalue weighted by atomic mass is 10.00. The zero-order valence-electron chi connectivity index (χ0n) is 12.4. The molecule has 0 aromatic heterocycles. The maximum absolute atomic E-state index is 13.4. The second kappa shape index (κ2) is 7.04. The third kappa shape index (κ3) is 4.18. The van der Waals surface area contributed by atoms with Crippen LogP contribution in [0.25, 0.3) is 0 Å². The smallest absolute Gasteiger partial charge is 0.123 e. The number of nitrogens with zero attached hydrogens (tertiary/aromatic N) is 1. The van der Waals surface area contributed by atoms with Gasteiger partial charge < -0.3 is 15.4 Å². The molecule has 1 fully saturated rings.